The maximum atomic E-state index is 11.4. The van der Waals surface area contributed by atoms with Gasteiger partial charge in [0, 0.05) is 17.1 Å². The number of carboxylic acid groups (broad SMARTS) is 1. The van der Waals surface area contributed by atoms with E-state index in [0.29, 0.717) is 23.3 Å². The third-order valence-electron chi connectivity index (χ3n) is 2.48. The van der Waals surface area contributed by atoms with Gasteiger partial charge in [-0.1, -0.05) is 0 Å². The van der Waals surface area contributed by atoms with Gasteiger partial charge in [-0.3, -0.25) is 4.79 Å². The Kier molecular flexibility index (Phi) is 5.20. The molecule has 0 saturated carbocycles. The molecular formula is C12H15ClO5S. The number of hydrogen-bond acceptors (Lipinski definition) is 4. The molecule has 1 aromatic carbocycles. The van der Waals surface area contributed by atoms with E-state index < -0.39 is 15.0 Å². The van der Waals surface area contributed by atoms with Gasteiger partial charge in [-0.25, -0.2) is 8.42 Å². The first kappa shape index (κ1) is 15.8. The van der Waals surface area contributed by atoms with E-state index in [1.54, 1.807) is 26.0 Å². The van der Waals surface area contributed by atoms with Crippen molar-refractivity contribution in [3.05, 3.63) is 23.3 Å². The number of hydrogen-bond donors (Lipinski definition) is 1. The lowest BCUT2D eigenvalue weighted by Crippen LogP contribution is -2.04. The molecule has 0 amide bonds. The van der Waals surface area contributed by atoms with Gasteiger partial charge in [-0.15, -0.1) is 0 Å². The van der Waals surface area contributed by atoms with Crippen LogP contribution in [0, 0.1) is 13.8 Å². The van der Waals surface area contributed by atoms with Crippen molar-refractivity contribution in [2.45, 2.75) is 31.6 Å². The first-order valence-electron chi connectivity index (χ1n) is 5.62. The van der Waals surface area contributed by atoms with Gasteiger partial charge >= 0.3 is 5.97 Å². The summed E-state index contributed by atoms with van der Waals surface area (Å²) >= 11 is 0. The van der Waals surface area contributed by atoms with Crippen LogP contribution in [-0.4, -0.2) is 26.1 Å². The van der Waals surface area contributed by atoms with Crippen LogP contribution in [0.3, 0.4) is 0 Å². The SMILES string of the molecule is Cc1cc(OCCCC(=O)O)cc(C)c1S(=O)(=O)Cl. The zero-order chi connectivity index (χ0) is 14.6. The fourth-order valence-corrected chi connectivity index (χ4v) is 3.41. The Bertz CT molecular complexity index is 557. The fraction of sp³-hybridized carbons (Fsp3) is 0.417. The lowest BCUT2D eigenvalue weighted by molar-refractivity contribution is -0.137. The van der Waals surface area contributed by atoms with Crippen LogP contribution in [0.25, 0.3) is 0 Å². The first-order chi connectivity index (χ1) is 8.71. The summed E-state index contributed by atoms with van der Waals surface area (Å²) in [7, 11) is 1.57. The summed E-state index contributed by atoms with van der Waals surface area (Å²) in [4.78, 5) is 10.4. The highest BCUT2D eigenvalue weighted by atomic mass is 35.7. The van der Waals surface area contributed by atoms with E-state index in [-0.39, 0.29) is 17.9 Å². The van der Waals surface area contributed by atoms with E-state index in [4.69, 9.17) is 20.5 Å². The molecule has 7 heteroatoms. The quantitative estimate of drug-likeness (QED) is 0.645. The Hall–Kier alpha value is -1.27. The van der Waals surface area contributed by atoms with E-state index in [2.05, 4.69) is 0 Å². The Morgan fingerprint density at radius 3 is 2.26 bits per heavy atom. The molecule has 0 radical (unpaired) electrons. The van der Waals surface area contributed by atoms with E-state index in [0.717, 1.165) is 0 Å². The summed E-state index contributed by atoms with van der Waals surface area (Å²) in [6.45, 7) is 3.52. The van der Waals surface area contributed by atoms with Crippen LogP contribution in [0.15, 0.2) is 17.0 Å². The van der Waals surface area contributed by atoms with Gasteiger partial charge in [0.05, 0.1) is 11.5 Å². The molecule has 0 aliphatic carbocycles. The van der Waals surface area contributed by atoms with Crippen LogP contribution in [0.5, 0.6) is 5.75 Å². The molecule has 1 N–H and O–H groups in total. The number of aliphatic carboxylic acids is 1. The number of rotatable bonds is 6. The van der Waals surface area contributed by atoms with Crippen molar-refractivity contribution in [3.63, 3.8) is 0 Å². The molecule has 19 heavy (non-hydrogen) atoms. The van der Waals surface area contributed by atoms with Crippen molar-refractivity contribution in [1.82, 2.24) is 0 Å². The molecule has 1 rings (SSSR count). The van der Waals surface area contributed by atoms with Crippen LogP contribution in [0.2, 0.25) is 0 Å². The zero-order valence-electron chi connectivity index (χ0n) is 10.6. The van der Waals surface area contributed by atoms with Crippen LogP contribution in [0.1, 0.15) is 24.0 Å². The number of halogens is 1. The first-order valence-corrected chi connectivity index (χ1v) is 7.93. The highest BCUT2D eigenvalue weighted by Crippen LogP contribution is 2.28. The van der Waals surface area contributed by atoms with Gasteiger partial charge in [0.25, 0.3) is 9.05 Å². The second kappa shape index (κ2) is 6.25. The van der Waals surface area contributed by atoms with Crippen LogP contribution in [0.4, 0.5) is 0 Å². The van der Waals surface area contributed by atoms with Gasteiger partial charge in [-0.05, 0) is 43.5 Å². The molecule has 0 aliphatic heterocycles. The third-order valence-corrected chi connectivity index (χ3v) is 4.08. The Morgan fingerprint density at radius 1 is 1.32 bits per heavy atom. The lowest BCUT2D eigenvalue weighted by Gasteiger charge is -2.11. The summed E-state index contributed by atoms with van der Waals surface area (Å²) in [5.41, 5.74) is 1.01. The summed E-state index contributed by atoms with van der Waals surface area (Å²) in [5, 5.41) is 8.49. The Labute approximate surface area is 116 Å². The van der Waals surface area contributed by atoms with Crippen molar-refractivity contribution < 1.29 is 23.1 Å². The number of benzene rings is 1. The van der Waals surface area contributed by atoms with Gasteiger partial charge in [0.1, 0.15) is 5.75 Å². The lowest BCUT2D eigenvalue weighted by atomic mass is 10.1. The number of carbonyl (C=O) groups is 1. The van der Waals surface area contributed by atoms with Crippen molar-refractivity contribution in [2.75, 3.05) is 6.61 Å². The van der Waals surface area contributed by atoms with E-state index in [9.17, 15) is 13.2 Å². The van der Waals surface area contributed by atoms with Gasteiger partial charge in [0.15, 0.2) is 0 Å². The highest BCUT2D eigenvalue weighted by molar-refractivity contribution is 8.13. The van der Waals surface area contributed by atoms with Crippen molar-refractivity contribution in [1.29, 1.82) is 0 Å². The summed E-state index contributed by atoms with van der Waals surface area (Å²) in [6, 6.07) is 3.14. The molecule has 0 aromatic heterocycles. The monoisotopic (exact) mass is 306 g/mol. The molecule has 0 saturated heterocycles. The minimum absolute atomic E-state index is 0.0338. The molecule has 0 bridgehead atoms. The molecule has 0 heterocycles. The highest BCUT2D eigenvalue weighted by Gasteiger charge is 2.17. The molecule has 0 atom stereocenters. The minimum atomic E-state index is -3.78. The average molecular weight is 307 g/mol. The maximum Gasteiger partial charge on any atom is 0.303 e. The van der Waals surface area contributed by atoms with Crippen LogP contribution >= 0.6 is 10.7 Å². The molecule has 0 aliphatic rings. The zero-order valence-corrected chi connectivity index (χ0v) is 12.2. The number of ether oxygens (including phenoxy) is 1. The molecule has 0 fully saturated rings. The summed E-state index contributed by atoms with van der Waals surface area (Å²) < 4.78 is 28.1. The molecule has 5 nitrogen and oxygen atoms in total. The van der Waals surface area contributed by atoms with Crippen molar-refractivity contribution in [2.24, 2.45) is 0 Å². The predicted molar refractivity (Wildman–Crippen MR) is 71.3 cm³/mol. The predicted octanol–water partition coefficient (Wildman–Crippen LogP) is 2.47. The van der Waals surface area contributed by atoms with Crippen LogP contribution in [-0.2, 0) is 13.8 Å². The Morgan fingerprint density at radius 2 is 1.84 bits per heavy atom. The van der Waals surface area contributed by atoms with Crippen molar-refractivity contribution in [3.8, 4) is 5.75 Å². The molecule has 106 valence electrons. The van der Waals surface area contributed by atoms with Crippen LogP contribution < -0.4 is 4.74 Å². The molecule has 0 spiro atoms. The standard InChI is InChI=1S/C12H15ClO5S/c1-8-6-10(18-5-3-4-11(14)15)7-9(2)12(8)19(13,16)17/h6-7H,3-5H2,1-2H3,(H,14,15). The van der Waals surface area contributed by atoms with Gasteiger partial charge in [-0.2, -0.15) is 0 Å². The van der Waals surface area contributed by atoms with E-state index in [1.807, 2.05) is 0 Å². The normalized spacial score (nSPS) is 11.3. The topological polar surface area (TPSA) is 80.7 Å². The minimum Gasteiger partial charge on any atom is -0.494 e. The smallest absolute Gasteiger partial charge is 0.303 e. The van der Waals surface area contributed by atoms with Crippen molar-refractivity contribution >= 4 is 25.7 Å². The van der Waals surface area contributed by atoms with E-state index in [1.165, 1.54) is 0 Å². The number of aryl methyl sites for hydroxylation is 2. The second-order valence-electron chi connectivity index (χ2n) is 4.17. The summed E-state index contributed by atoms with van der Waals surface area (Å²) in [6.07, 6.45) is 0.426. The van der Waals surface area contributed by atoms with Gasteiger partial charge in [0.2, 0.25) is 0 Å². The maximum absolute atomic E-state index is 11.4. The molecular weight excluding hydrogens is 292 g/mol. The van der Waals surface area contributed by atoms with Gasteiger partial charge < -0.3 is 9.84 Å². The average Bonchev–Trinajstić information content (AvgIpc) is 2.21. The fourth-order valence-electron chi connectivity index (χ4n) is 1.79. The molecule has 0 unspecified atom stereocenters. The number of carboxylic acids is 1. The molecule has 1 aromatic rings. The summed E-state index contributed by atoms with van der Waals surface area (Å²) in [5.74, 6) is -0.371. The Balaban J connectivity index is 2.82. The van der Waals surface area contributed by atoms with E-state index >= 15 is 0 Å². The largest absolute Gasteiger partial charge is 0.494 e. The second-order valence-corrected chi connectivity index (χ2v) is 6.67. The third kappa shape index (κ3) is 4.72.